The molecule has 1 N–H and O–H groups in total. The van der Waals surface area contributed by atoms with Crippen molar-refractivity contribution in [3.05, 3.63) is 17.2 Å². The Morgan fingerprint density at radius 2 is 1.83 bits per heavy atom. The van der Waals surface area contributed by atoms with Crippen LogP contribution in [0.25, 0.3) is 0 Å². The average molecular weight is 326 g/mol. The van der Waals surface area contributed by atoms with Gasteiger partial charge in [0.25, 0.3) is 0 Å². The van der Waals surface area contributed by atoms with Gasteiger partial charge in [0.2, 0.25) is 5.75 Å². The highest BCUT2D eigenvalue weighted by Crippen LogP contribution is 2.47. The van der Waals surface area contributed by atoms with Gasteiger partial charge in [-0.05, 0) is 36.8 Å². The zero-order valence-corrected chi connectivity index (χ0v) is 14.3. The van der Waals surface area contributed by atoms with Crippen LogP contribution in [0.1, 0.15) is 30.1 Å². The Kier molecular flexibility index (Phi) is 6.50. The summed E-state index contributed by atoms with van der Waals surface area (Å²) in [7, 11) is 6.41. The molecule has 1 aliphatic carbocycles. The zero-order valence-electron chi connectivity index (χ0n) is 14.3. The van der Waals surface area contributed by atoms with Crippen LogP contribution in [-0.4, -0.2) is 46.9 Å². The fraction of sp³-hybridized carbons (Fsp3) is 0.647. The summed E-state index contributed by atoms with van der Waals surface area (Å²) in [5.74, 6) is 2.04. The number of aliphatic hydroxyl groups excluding tert-OH is 1. The summed E-state index contributed by atoms with van der Waals surface area (Å²) in [5.41, 5.74) is 2.05. The molecule has 1 aromatic carbocycles. The Labute approximate surface area is 137 Å². The third kappa shape index (κ3) is 3.71. The van der Waals surface area contributed by atoms with E-state index in [0.29, 0.717) is 17.2 Å². The van der Waals surface area contributed by atoms with Gasteiger partial charge in [-0.1, -0.05) is 0 Å². The van der Waals surface area contributed by atoms with E-state index in [1.807, 2.05) is 6.07 Å². The molecule has 0 amide bonds. The van der Waals surface area contributed by atoms with Crippen LogP contribution in [-0.2, 0) is 15.9 Å². The minimum Gasteiger partial charge on any atom is -0.493 e. The molecular weight excluding hydrogens is 300 g/mol. The number of ether oxygens (including phenoxy) is 5. The number of hydrogen-bond acceptors (Lipinski definition) is 6. The minimum atomic E-state index is -0.182. The summed E-state index contributed by atoms with van der Waals surface area (Å²) < 4.78 is 27.4. The van der Waals surface area contributed by atoms with Crippen molar-refractivity contribution in [1.29, 1.82) is 0 Å². The number of methoxy groups -OCH3 is 4. The monoisotopic (exact) mass is 326 g/mol. The van der Waals surface area contributed by atoms with Crippen LogP contribution >= 0.6 is 0 Å². The van der Waals surface area contributed by atoms with Gasteiger partial charge in [0, 0.05) is 19.3 Å². The van der Waals surface area contributed by atoms with E-state index in [1.165, 1.54) is 0 Å². The third-order valence-corrected chi connectivity index (χ3v) is 4.31. The number of benzene rings is 1. The highest BCUT2D eigenvalue weighted by molar-refractivity contribution is 5.60. The third-order valence-electron chi connectivity index (χ3n) is 4.31. The minimum absolute atomic E-state index is 0.136. The van der Waals surface area contributed by atoms with Crippen molar-refractivity contribution in [3.8, 4) is 17.2 Å². The summed E-state index contributed by atoms with van der Waals surface area (Å²) in [6.07, 6.45) is 2.20. The first-order chi connectivity index (χ1) is 11.2. The molecule has 0 saturated heterocycles. The molecule has 2 unspecified atom stereocenters. The lowest BCUT2D eigenvalue weighted by Gasteiger charge is -2.23. The van der Waals surface area contributed by atoms with Gasteiger partial charge in [-0.3, -0.25) is 0 Å². The smallest absolute Gasteiger partial charge is 0.203 e. The van der Waals surface area contributed by atoms with Crippen molar-refractivity contribution in [3.63, 3.8) is 0 Å². The fourth-order valence-electron chi connectivity index (χ4n) is 3.15. The Bertz CT molecular complexity index is 516. The van der Waals surface area contributed by atoms with Gasteiger partial charge < -0.3 is 28.8 Å². The van der Waals surface area contributed by atoms with Crippen LogP contribution in [0.2, 0.25) is 0 Å². The van der Waals surface area contributed by atoms with Gasteiger partial charge in [-0.2, -0.15) is 0 Å². The lowest BCUT2D eigenvalue weighted by molar-refractivity contribution is -0.0815. The molecule has 6 heteroatoms. The van der Waals surface area contributed by atoms with Crippen LogP contribution in [0, 0.1) is 5.92 Å². The van der Waals surface area contributed by atoms with Crippen molar-refractivity contribution in [2.45, 2.75) is 25.4 Å². The summed E-state index contributed by atoms with van der Waals surface area (Å²) in [6.45, 7) is 0.330. The van der Waals surface area contributed by atoms with E-state index in [2.05, 4.69) is 0 Å². The summed E-state index contributed by atoms with van der Waals surface area (Å²) in [5, 5.41) is 9.60. The molecule has 0 heterocycles. The molecule has 0 aliphatic heterocycles. The predicted molar refractivity (Wildman–Crippen MR) is 85.3 cm³/mol. The second kappa shape index (κ2) is 8.38. The highest BCUT2D eigenvalue weighted by atomic mass is 16.7. The Morgan fingerprint density at radius 3 is 2.39 bits per heavy atom. The molecule has 0 fully saturated rings. The lowest BCUT2D eigenvalue weighted by Crippen LogP contribution is -2.13. The van der Waals surface area contributed by atoms with Crippen LogP contribution in [0.3, 0.4) is 0 Å². The van der Waals surface area contributed by atoms with E-state index in [0.717, 1.165) is 30.4 Å². The topological polar surface area (TPSA) is 66.4 Å². The predicted octanol–water partition coefficient (Wildman–Crippen LogP) is 2.32. The molecule has 1 aromatic rings. The molecule has 6 nitrogen and oxygen atoms in total. The zero-order chi connectivity index (χ0) is 16.8. The van der Waals surface area contributed by atoms with Crippen molar-refractivity contribution in [2.24, 2.45) is 5.92 Å². The SMILES string of the molecule is COCOC1CC(CO)CCc2c1cc(OC)c(OC)c2OC. The molecule has 130 valence electrons. The molecule has 0 bridgehead atoms. The molecule has 1 aliphatic rings. The van der Waals surface area contributed by atoms with E-state index < -0.39 is 0 Å². The highest BCUT2D eigenvalue weighted by Gasteiger charge is 2.30. The summed E-state index contributed by atoms with van der Waals surface area (Å²) in [6, 6.07) is 1.94. The lowest BCUT2D eigenvalue weighted by atomic mass is 9.97. The van der Waals surface area contributed by atoms with Gasteiger partial charge >= 0.3 is 0 Å². The number of fused-ring (bicyclic) bond motifs is 1. The normalized spacial score (nSPS) is 20.6. The summed E-state index contributed by atoms with van der Waals surface area (Å²) >= 11 is 0. The van der Waals surface area contributed by atoms with Crippen LogP contribution in [0.5, 0.6) is 17.2 Å². The number of hydrogen-bond donors (Lipinski definition) is 1. The largest absolute Gasteiger partial charge is 0.493 e. The quantitative estimate of drug-likeness (QED) is 0.613. The Hall–Kier alpha value is -1.50. The van der Waals surface area contributed by atoms with Crippen molar-refractivity contribution in [2.75, 3.05) is 41.8 Å². The van der Waals surface area contributed by atoms with E-state index in [-0.39, 0.29) is 25.4 Å². The van der Waals surface area contributed by atoms with Crippen LogP contribution in [0.15, 0.2) is 6.07 Å². The van der Waals surface area contributed by atoms with Crippen molar-refractivity contribution >= 4 is 0 Å². The maximum Gasteiger partial charge on any atom is 0.203 e. The fourth-order valence-corrected chi connectivity index (χ4v) is 3.15. The first kappa shape index (κ1) is 17.8. The number of rotatable bonds is 7. The maximum atomic E-state index is 9.60. The van der Waals surface area contributed by atoms with Crippen LogP contribution < -0.4 is 14.2 Å². The van der Waals surface area contributed by atoms with E-state index in [1.54, 1.807) is 28.4 Å². The first-order valence-corrected chi connectivity index (χ1v) is 7.73. The molecule has 0 saturated carbocycles. The van der Waals surface area contributed by atoms with E-state index in [4.69, 9.17) is 23.7 Å². The molecule has 0 aromatic heterocycles. The van der Waals surface area contributed by atoms with Crippen molar-refractivity contribution in [1.82, 2.24) is 0 Å². The number of aliphatic hydroxyl groups is 1. The van der Waals surface area contributed by atoms with Gasteiger partial charge in [0.05, 0.1) is 27.4 Å². The van der Waals surface area contributed by atoms with Gasteiger partial charge in [0.1, 0.15) is 6.79 Å². The van der Waals surface area contributed by atoms with Gasteiger partial charge in [-0.15, -0.1) is 0 Å². The summed E-state index contributed by atoms with van der Waals surface area (Å²) in [4.78, 5) is 0. The molecular formula is C17H26O6. The van der Waals surface area contributed by atoms with Gasteiger partial charge in [0.15, 0.2) is 11.5 Å². The molecule has 2 rings (SSSR count). The van der Waals surface area contributed by atoms with Crippen LogP contribution in [0.4, 0.5) is 0 Å². The van der Waals surface area contributed by atoms with Gasteiger partial charge in [-0.25, -0.2) is 0 Å². The molecule has 0 radical (unpaired) electrons. The van der Waals surface area contributed by atoms with Crippen molar-refractivity contribution < 1.29 is 28.8 Å². The molecule has 23 heavy (non-hydrogen) atoms. The first-order valence-electron chi connectivity index (χ1n) is 7.73. The standard InChI is InChI=1S/C17H26O6/c1-19-10-23-14-7-11(9-18)5-6-12-13(14)8-15(20-2)17(22-4)16(12)21-3/h8,11,14,18H,5-7,9-10H2,1-4H3. The second-order valence-corrected chi connectivity index (χ2v) is 5.60. The Balaban J connectivity index is 2.53. The molecule has 2 atom stereocenters. The average Bonchev–Trinajstić information content (AvgIpc) is 2.77. The Morgan fingerprint density at radius 1 is 1.09 bits per heavy atom. The maximum absolute atomic E-state index is 9.60. The molecule has 0 spiro atoms. The van der Waals surface area contributed by atoms with E-state index in [9.17, 15) is 5.11 Å². The second-order valence-electron chi connectivity index (χ2n) is 5.60. The van der Waals surface area contributed by atoms with E-state index >= 15 is 0 Å².